The third kappa shape index (κ3) is 3.57. The Hall–Kier alpha value is -2.87. The second-order valence-electron chi connectivity index (χ2n) is 4.48. The number of ether oxygens (including phenoxy) is 1. The highest BCUT2D eigenvalue weighted by atomic mass is 16.5. The minimum absolute atomic E-state index is 0.0714. The van der Waals surface area contributed by atoms with E-state index in [1.807, 2.05) is 13.0 Å². The van der Waals surface area contributed by atoms with Crippen molar-refractivity contribution in [3.8, 4) is 11.8 Å². The van der Waals surface area contributed by atoms with E-state index >= 15 is 0 Å². The fourth-order valence-corrected chi connectivity index (χ4v) is 1.92. The van der Waals surface area contributed by atoms with Crippen LogP contribution in [0.1, 0.15) is 21.7 Å². The zero-order valence-corrected chi connectivity index (χ0v) is 11.9. The molecule has 1 heterocycles. The van der Waals surface area contributed by atoms with Gasteiger partial charge in [-0.05, 0) is 38.1 Å². The molecule has 0 atom stereocenters. The van der Waals surface area contributed by atoms with Gasteiger partial charge >= 0.3 is 0 Å². The molecule has 1 N–H and O–H groups in total. The summed E-state index contributed by atoms with van der Waals surface area (Å²) in [6.07, 6.45) is 0. The minimum atomic E-state index is -0.256. The molecule has 106 valence electrons. The number of aryl methyl sites for hydroxylation is 2. The molecule has 0 bridgehead atoms. The number of nitriles is 1. The normalized spacial score (nSPS) is 9.76. The number of hydrogen-bond donors (Lipinski definition) is 1. The van der Waals surface area contributed by atoms with Crippen molar-refractivity contribution in [2.75, 3.05) is 11.9 Å². The predicted molar refractivity (Wildman–Crippen MR) is 79.2 cm³/mol. The molecule has 2 aromatic rings. The smallest absolute Gasteiger partial charge is 0.257 e. The predicted octanol–water partition coefficient (Wildman–Crippen LogP) is 2.85. The molecule has 1 aromatic heterocycles. The summed E-state index contributed by atoms with van der Waals surface area (Å²) in [4.78, 5) is 16.6. The van der Waals surface area contributed by atoms with Crippen molar-refractivity contribution in [1.29, 1.82) is 5.26 Å². The summed E-state index contributed by atoms with van der Waals surface area (Å²) in [5.41, 5.74) is 2.57. The van der Waals surface area contributed by atoms with Crippen LogP contribution in [0.3, 0.4) is 0 Å². The summed E-state index contributed by atoms with van der Waals surface area (Å²) in [5, 5.41) is 11.4. The van der Waals surface area contributed by atoms with Crippen molar-refractivity contribution >= 4 is 11.6 Å². The fraction of sp³-hybridized carbons (Fsp3) is 0.188. The first-order chi connectivity index (χ1) is 10.1. The number of para-hydroxylation sites is 2. The van der Waals surface area contributed by atoms with Crippen LogP contribution in [0.2, 0.25) is 0 Å². The van der Waals surface area contributed by atoms with E-state index in [2.05, 4.69) is 10.3 Å². The maximum atomic E-state index is 12.3. The molecule has 0 spiro atoms. The van der Waals surface area contributed by atoms with Crippen LogP contribution < -0.4 is 10.1 Å². The lowest BCUT2D eigenvalue weighted by molar-refractivity contribution is 0.102. The summed E-state index contributed by atoms with van der Waals surface area (Å²) in [6.45, 7) is 3.59. The van der Waals surface area contributed by atoms with Crippen LogP contribution in [-0.2, 0) is 0 Å². The number of nitrogens with zero attached hydrogens (tertiary/aromatic N) is 2. The Morgan fingerprint density at radius 3 is 2.76 bits per heavy atom. The molecule has 21 heavy (non-hydrogen) atoms. The Morgan fingerprint density at radius 1 is 1.29 bits per heavy atom. The zero-order valence-electron chi connectivity index (χ0n) is 11.9. The summed E-state index contributed by atoms with van der Waals surface area (Å²) in [5.74, 6) is 0.207. The number of pyridine rings is 1. The molecule has 2 rings (SSSR count). The van der Waals surface area contributed by atoms with Gasteiger partial charge in [0.15, 0.2) is 6.61 Å². The average molecular weight is 281 g/mol. The number of carbonyl (C=O) groups excluding carboxylic acids is 1. The van der Waals surface area contributed by atoms with Crippen molar-refractivity contribution in [2.24, 2.45) is 0 Å². The summed E-state index contributed by atoms with van der Waals surface area (Å²) in [6, 6.07) is 12.4. The van der Waals surface area contributed by atoms with Crippen LogP contribution >= 0.6 is 0 Å². The standard InChI is InChI=1S/C16H15N3O2/c1-11-7-8-13(12(2)18-11)16(20)19-14-5-3-4-6-15(14)21-10-9-17/h3-8H,10H2,1-2H3,(H,19,20). The van der Waals surface area contributed by atoms with Crippen LogP contribution in [-0.4, -0.2) is 17.5 Å². The zero-order chi connectivity index (χ0) is 15.2. The Bertz CT molecular complexity index is 705. The van der Waals surface area contributed by atoms with Gasteiger partial charge in [0.1, 0.15) is 11.8 Å². The van der Waals surface area contributed by atoms with Crippen molar-refractivity contribution in [3.05, 3.63) is 53.3 Å². The molecule has 0 radical (unpaired) electrons. The van der Waals surface area contributed by atoms with E-state index in [4.69, 9.17) is 10.00 Å². The molecule has 0 saturated heterocycles. The lowest BCUT2D eigenvalue weighted by Gasteiger charge is -2.11. The van der Waals surface area contributed by atoms with Crippen LogP contribution in [0.5, 0.6) is 5.75 Å². The van der Waals surface area contributed by atoms with E-state index in [1.165, 1.54) is 0 Å². The molecule has 1 aromatic carbocycles. The van der Waals surface area contributed by atoms with Gasteiger partial charge in [0, 0.05) is 5.69 Å². The van der Waals surface area contributed by atoms with Crippen molar-refractivity contribution < 1.29 is 9.53 Å². The third-order valence-corrected chi connectivity index (χ3v) is 2.90. The molecular formula is C16H15N3O2. The molecule has 0 aliphatic rings. The monoisotopic (exact) mass is 281 g/mol. The van der Waals surface area contributed by atoms with Gasteiger partial charge in [-0.25, -0.2) is 0 Å². The minimum Gasteiger partial charge on any atom is -0.477 e. The van der Waals surface area contributed by atoms with Crippen molar-refractivity contribution in [2.45, 2.75) is 13.8 Å². The van der Waals surface area contributed by atoms with Gasteiger partial charge in [0.05, 0.1) is 16.9 Å². The Labute approximate surface area is 123 Å². The molecular weight excluding hydrogens is 266 g/mol. The van der Waals surface area contributed by atoms with Gasteiger partial charge < -0.3 is 10.1 Å². The topological polar surface area (TPSA) is 75.0 Å². The number of benzene rings is 1. The molecule has 1 amide bonds. The van der Waals surface area contributed by atoms with Gasteiger partial charge in [-0.3, -0.25) is 9.78 Å². The van der Waals surface area contributed by atoms with E-state index in [1.54, 1.807) is 43.3 Å². The van der Waals surface area contributed by atoms with Crippen LogP contribution in [0.25, 0.3) is 0 Å². The van der Waals surface area contributed by atoms with E-state index in [0.717, 1.165) is 5.69 Å². The van der Waals surface area contributed by atoms with E-state index < -0.39 is 0 Å². The molecule has 0 aliphatic carbocycles. The maximum Gasteiger partial charge on any atom is 0.257 e. The highest BCUT2D eigenvalue weighted by Gasteiger charge is 2.12. The first-order valence-corrected chi connectivity index (χ1v) is 6.46. The lowest BCUT2D eigenvalue weighted by Crippen LogP contribution is -2.15. The molecule has 5 nitrogen and oxygen atoms in total. The number of nitrogens with one attached hydrogen (secondary N) is 1. The Morgan fingerprint density at radius 2 is 2.05 bits per heavy atom. The highest BCUT2D eigenvalue weighted by molar-refractivity contribution is 6.05. The maximum absolute atomic E-state index is 12.3. The summed E-state index contributed by atoms with van der Waals surface area (Å²) >= 11 is 0. The van der Waals surface area contributed by atoms with Crippen molar-refractivity contribution in [1.82, 2.24) is 4.98 Å². The molecule has 0 saturated carbocycles. The molecule has 0 fully saturated rings. The molecule has 0 unspecified atom stereocenters. The van der Waals surface area contributed by atoms with E-state index in [0.29, 0.717) is 22.7 Å². The number of aromatic nitrogens is 1. The SMILES string of the molecule is Cc1ccc(C(=O)Nc2ccccc2OCC#N)c(C)n1. The first kappa shape index (κ1) is 14.5. The Balaban J connectivity index is 2.22. The third-order valence-electron chi connectivity index (χ3n) is 2.90. The second-order valence-corrected chi connectivity index (χ2v) is 4.48. The van der Waals surface area contributed by atoms with Gasteiger partial charge in [-0.15, -0.1) is 0 Å². The van der Waals surface area contributed by atoms with Crippen LogP contribution in [0.4, 0.5) is 5.69 Å². The van der Waals surface area contributed by atoms with Gasteiger partial charge in [-0.2, -0.15) is 5.26 Å². The summed E-state index contributed by atoms with van der Waals surface area (Å²) in [7, 11) is 0. The molecule has 0 aliphatic heterocycles. The lowest BCUT2D eigenvalue weighted by atomic mass is 10.1. The van der Waals surface area contributed by atoms with Gasteiger partial charge in [0.25, 0.3) is 5.91 Å². The van der Waals surface area contributed by atoms with Crippen molar-refractivity contribution in [3.63, 3.8) is 0 Å². The second kappa shape index (κ2) is 6.53. The van der Waals surface area contributed by atoms with Crippen LogP contribution in [0, 0.1) is 25.2 Å². The number of hydrogen-bond acceptors (Lipinski definition) is 4. The largest absolute Gasteiger partial charge is 0.477 e. The van der Waals surface area contributed by atoms with Gasteiger partial charge in [-0.1, -0.05) is 12.1 Å². The average Bonchev–Trinajstić information content (AvgIpc) is 2.46. The Kier molecular flexibility index (Phi) is 4.52. The number of anilines is 1. The number of carbonyl (C=O) groups is 1. The van der Waals surface area contributed by atoms with Gasteiger partial charge in [0.2, 0.25) is 0 Å². The van der Waals surface area contributed by atoms with E-state index in [-0.39, 0.29) is 12.5 Å². The van der Waals surface area contributed by atoms with Crippen LogP contribution in [0.15, 0.2) is 36.4 Å². The fourth-order valence-electron chi connectivity index (χ4n) is 1.92. The highest BCUT2D eigenvalue weighted by Crippen LogP contribution is 2.24. The first-order valence-electron chi connectivity index (χ1n) is 6.46. The number of amides is 1. The van der Waals surface area contributed by atoms with E-state index in [9.17, 15) is 4.79 Å². The molecule has 5 heteroatoms. The number of rotatable bonds is 4. The quantitative estimate of drug-likeness (QED) is 0.935. The summed E-state index contributed by atoms with van der Waals surface area (Å²) < 4.78 is 5.28.